The van der Waals surface area contributed by atoms with Crippen molar-refractivity contribution in [2.75, 3.05) is 12.9 Å². The smallest absolute Gasteiger partial charge is 0.306 e. The molecule has 0 saturated heterocycles. The summed E-state index contributed by atoms with van der Waals surface area (Å²) >= 11 is 7.42. The fourth-order valence-corrected chi connectivity index (χ4v) is 3.22. The second-order valence-corrected chi connectivity index (χ2v) is 6.65. The molecule has 8 heteroatoms. The number of nitrogens with zero attached hydrogens (tertiary/aromatic N) is 3. The fourth-order valence-electron chi connectivity index (χ4n) is 2.24. The van der Waals surface area contributed by atoms with Crippen LogP contribution in [0.5, 0.6) is 0 Å². The Kier molecular flexibility index (Phi) is 5.78. The Morgan fingerprint density at radius 2 is 2.08 bits per heavy atom. The van der Waals surface area contributed by atoms with Gasteiger partial charge in [0.05, 0.1) is 26.3 Å². The van der Waals surface area contributed by atoms with Gasteiger partial charge in [-0.2, -0.15) is 0 Å². The normalized spacial score (nSPS) is 10.8. The number of thioether (sulfide) groups is 1. The number of aromatic nitrogens is 3. The van der Waals surface area contributed by atoms with Crippen LogP contribution in [0.2, 0.25) is 5.02 Å². The summed E-state index contributed by atoms with van der Waals surface area (Å²) in [5.41, 5.74) is 0.906. The highest BCUT2D eigenvalue weighted by Crippen LogP contribution is 2.26. The van der Waals surface area contributed by atoms with E-state index in [1.807, 2.05) is 41.0 Å². The monoisotopic (exact) mass is 377 g/mol. The maximum absolute atomic E-state index is 11.3. The summed E-state index contributed by atoms with van der Waals surface area (Å²) in [6.07, 6.45) is 1.94. The van der Waals surface area contributed by atoms with Crippen molar-refractivity contribution in [3.05, 3.63) is 53.4 Å². The summed E-state index contributed by atoms with van der Waals surface area (Å²) < 4.78 is 12.1. The minimum atomic E-state index is -0.248. The molecule has 6 nitrogen and oxygen atoms in total. The van der Waals surface area contributed by atoms with E-state index in [4.69, 9.17) is 16.0 Å². The number of hydrogen-bond acceptors (Lipinski definition) is 6. The zero-order chi connectivity index (χ0) is 17.6. The van der Waals surface area contributed by atoms with Gasteiger partial charge in [0, 0.05) is 16.3 Å². The van der Waals surface area contributed by atoms with Gasteiger partial charge in [-0.05, 0) is 36.4 Å². The zero-order valence-corrected chi connectivity index (χ0v) is 15.1. The third-order valence-corrected chi connectivity index (χ3v) is 4.70. The Bertz CT molecular complexity index is 831. The molecule has 0 aliphatic rings. The van der Waals surface area contributed by atoms with Crippen LogP contribution in [-0.2, 0) is 16.1 Å². The first-order chi connectivity index (χ1) is 12.2. The predicted molar refractivity (Wildman–Crippen MR) is 95.6 cm³/mol. The Morgan fingerprint density at radius 1 is 1.28 bits per heavy atom. The molecule has 1 aromatic carbocycles. The second-order valence-electron chi connectivity index (χ2n) is 5.15. The zero-order valence-electron chi connectivity index (χ0n) is 13.5. The molecule has 2 heterocycles. The number of esters is 1. The number of carbonyl (C=O) groups excluding carboxylic acids is 1. The molecule has 0 atom stereocenters. The van der Waals surface area contributed by atoms with Gasteiger partial charge in [-0.25, -0.2) is 0 Å². The lowest BCUT2D eigenvalue weighted by atomic mass is 10.2. The van der Waals surface area contributed by atoms with Gasteiger partial charge < -0.3 is 9.15 Å². The Balaban J connectivity index is 1.86. The van der Waals surface area contributed by atoms with Crippen LogP contribution in [0.4, 0.5) is 0 Å². The number of hydrogen-bond donors (Lipinski definition) is 0. The summed E-state index contributed by atoms with van der Waals surface area (Å²) in [4.78, 5) is 11.3. The van der Waals surface area contributed by atoms with Crippen molar-refractivity contribution >= 4 is 29.3 Å². The molecule has 0 amide bonds. The number of methoxy groups -OCH3 is 1. The van der Waals surface area contributed by atoms with Crippen LogP contribution in [-0.4, -0.2) is 33.6 Å². The summed E-state index contributed by atoms with van der Waals surface area (Å²) in [6.45, 7) is 0.499. The molecular formula is C17H16ClN3O3S. The van der Waals surface area contributed by atoms with Crippen molar-refractivity contribution in [3.63, 3.8) is 0 Å². The lowest BCUT2D eigenvalue weighted by Gasteiger charge is -2.09. The Morgan fingerprint density at radius 3 is 2.76 bits per heavy atom. The standard InChI is InChI=1S/C17H16ClN3O3S/c1-23-15(22)8-10-25-17-20-19-16(12-4-6-13(18)7-5-12)21(17)11-14-3-2-9-24-14/h2-7,9H,8,10-11H2,1H3. The first-order valence-electron chi connectivity index (χ1n) is 7.58. The Hall–Kier alpha value is -2.25. The summed E-state index contributed by atoms with van der Waals surface area (Å²) in [5, 5.41) is 9.95. The molecule has 0 N–H and O–H groups in total. The molecule has 0 saturated carbocycles. The van der Waals surface area contributed by atoms with Gasteiger partial charge in [0.15, 0.2) is 11.0 Å². The second kappa shape index (κ2) is 8.22. The van der Waals surface area contributed by atoms with Crippen molar-refractivity contribution in [2.24, 2.45) is 0 Å². The molecule has 0 bridgehead atoms. The van der Waals surface area contributed by atoms with Crippen molar-refractivity contribution < 1.29 is 13.9 Å². The molecular weight excluding hydrogens is 362 g/mol. The van der Waals surface area contributed by atoms with Crippen molar-refractivity contribution in [2.45, 2.75) is 18.1 Å². The lowest BCUT2D eigenvalue weighted by molar-refractivity contribution is -0.140. The first kappa shape index (κ1) is 17.6. The third kappa shape index (κ3) is 4.43. The number of rotatable bonds is 7. The van der Waals surface area contributed by atoms with Gasteiger partial charge in [0.1, 0.15) is 5.76 Å². The SMILES string of the molecule is COC(=O)CCSc1nnc(-c2ccc(Cl)cc2)n1Cc1ccco1. The van der Waals surface area contributed by atoms with Crippen LogP contribution in [0.3, 0.4) is 0 Å². The molecule has 0 aliphatic carbocycles. The highest BCUT2D eigenvalue weighted by Gasteiger charge is 2.16. The van der Waals surface area contributed by atoms with Crippen molar-refractivity contribution in [1.29, 1.82) is 0 Å². The minimum Gasteiger partial charge on any atom is -0.469 e. The van der Waals surface area contributed by atoms with E-state index in [1.54, 1.807) is 6.26 Å². The van der Waals surface area contributed by atoms with E-state index in [2.05, 4.69) is 14.9 Å². The maximum Gasteiger partial charge on any atom is 0.306 e. The van der Waals surface area contributed by atoms with Crippen LogP contribution in [0, 0.1) is 0 Å². The number of benzene rings is 1. The van der Waals surface area contributed by atoms with E-state index in [9.17, 15) is 4.79 Å². The quantitative estimate of drug-likeness (QED) is 0.459. The van der Waals surface area contributed by atoms with Crippen LogP contribution >= 0.6 is 23.4 Å². The van der Waals surface area contributed by atoms with Crippen molar-refractivity contribution in [1.82, 2.24) is 14.8 Å². The van der Waals surface area contributed by atoms with Crippen LogP contribution < -0.4 is 0 Å². The van der Waals surface area contributed by atoms with Crippen LogP contribution in [0.15, 0.2) is 52.2 Å². The highest BCUT2D eigenvalue weighted by atomic mass is 35.5. The van der Waals surface area contributed by atoms with E-state index >= 15 is 0 Å². The molecule has 25 heavy (non-hydrogen) atoms. The molecule has 3 aromatic rings. The van der Waals surface area contributed by atoms with E-state index in [0.29, 0.717) is 34.7 Å². The first-order valence-corrected chi connectivity index (χ1v) is 8.95. The predicted octanol–water partition coefficient (Wildman–Crippen LogP) is 3.90. The maximum atomic E-state index is 11.3. The number of ether oxygens (including phenoxy) is 1. The van der Waals surface area contributed by atoms with Crippen LogP contribution in [0.1, 0.15) is 12.2 Å². The van der Waals surface area contributed by atoms with Gasteiger partial charge >= 0.3 is 5.97 Å². The average molecular weight is 378 g/mol. The lowest BCUT2D eigenvalue weighted by Crippen LogP contribution is -2.05. The van der Waals surface area contributed by atoms with Crippen molar-refractivity contribution in [3.8, 4) is 11.4 Å². The van der Waals surface area contributed by atoms with Gasteiger partial charge in [-0.15, -0.1) is 10.2 Å². The van der Waals surface area contributed by atoms with Gasteiger partial charge in [0.2, 0.25) is 0 Å². The van der Waals surface area contributed by atoms with E-state index in [0.717, 1.165) is 11.3 Å². The third-order valence-electron chi connectivity index (χ3n) is 3.48. The number of furan rings is 1. The Labute approximate surface area is 154 Å². The summed E-state index contributed by atoms with van der Waals surface area (Å²) in [7, 11) is 1.38. The molecule has 0 unspecified atom stereocenters. The summed E-state index contributed by atoms with van der Waals surface area (Å²) in [6, 6.07) is 11.2. The largest absolute Gasteiger partial charge is 0.469 e. The molecule has 0 radical (unpaired) electrons. The van der Waals surface area contributed by atoms with E-state index < -0.39 is 0 Å². The van der Waals surface area contributed by atoms with Gasteiger partial charge in [0.25, 0.3) is 0 Å². The fraction of sp³-hybridized carbons (Fsp3) is 0.235. The average Bonchev–Trinajstić information content (AvgIpc) is 3.27. The molecule has 0 fully saturated rings. The number of halogens is 1. The van der Waals surface area contributed by atoms with E-state index in [1.165, 1.54) is 18.9 Å². The van der Waals surface area contributed by atoms with Gasteiger partial charge in [-0.1, -0.05) is 23.4 Å². The molecule has 0 spiro atoms. The molecule has 3 rings (SSSR count). The van der Waals surface area contributed by atoms with Gasteiger partial charge in [-0.3, -0.25) is 9.36 Å². The summed E-state index contributed by atoms with van der Waals surface area (Å²) in [5.74, 6) is 1.82. The highest BCUT2D eigenvalue weighted by molar-refractivity contribution is 7.99. The molecule has 130 valence electrons. The van der Waals surface area contributed by atoms with Crippen LogP contribution in [0.25, 0.3) is 11.4 Å². The van der Waals surface area contributed by atoms with E-state index in [-0.39, 0.29) is 5.97 Å². The topological polar surface area (TPSA) is 70.2 Å². The molecule has 2 aromatic heterocycles. The number of carbonyl (C=O) groups is 1. The molecule has 0 aliphatic heterocycles. The minimum absolute atomic E-state index is 0.248.